The topological polar surface area (TPSA) is 29.5 Å². The predicted molar refractivity (Wildman–Crippen MR) is 106 cm³/mol. The van der Waals surface area contributed by atoms with Gasteiger partial charge >= 0.3 is 5.97 Å². The Balaban J connectivity index is 2.00. The Kier molecular flexibility index (Phi) is 7.66. The Labute approximate surface area is 159 Å². The third-order valence-electron chi connectivity index (χ3n) is 4.41. The Morgan fingerprint density at radius 2 is 1.60 bits per heavy atom. The summed E-state index contributed by atoms with van der Waals surface area (Å²) in [6, 6.07) is 20.2. The molecule has 3 nitrogen and oxygen atoms in total. The largest absolute Gasteiger partial charge is 0.455 e. The van der Waals surface area contributed by atoms with Crippen LogP contribution < -0.4 is 0 Å². The number of esters is 1. The van der Waals surface area contributed by atoms with Gasteiger partial charge in [0.1, 0.15) is 10.9 Å². The monoisotopic (exact) mass is 403 g/mol. The normalized spacial score (nSPS) is 14.8. The van der Waals surface area contributed by atoms with Crippen LogP contribution in [0.15, 0.2) is 60.7 Å². The summed E-state index contributed by atoms with van der Waals surface area (Å²) in [5, 5.41) is 0. The van der Waals surface area contributed by atoms with Crippen molar-refractivity contribution in [1.82, 2.24) is 4.90 Å². The lowest BCUT2D eigenvalue weighted by Gasteiger charge is -2.30. The quantitative estimate of drug-likeness (QED) is 0.475. The van der Waals surface area contributed by atoms with Crippen molar-refractivity contribution in [3.8, 4) is 0 Å². The molecule has 134 valence electrons. The van der Waals surface area contributed by atoms with Crippen LogP contribution in [0.3, 0.4) is 0 Å². The lowest BCUT2D eigenvalue weighted by atomic mass is 10.0. The fourth-order valence-electron chi connectivity index (χ4n) is 2.61. The molecule has 0 saturated carbocycles. The molecule has 25 heavy (non-hydrogen) atoms. The van der Waals surface area contributed by atoms with Crippen LogP contribution in [0.1, 0.15) is 30.6 Å². The Morgan fingerprint density at radius 1 is 1.04 bits per heavy atom. The molecule has 0 radical (unpaired) electrons. The predicted octanol–water partition coefficient (Wildman–Crippen LogP) is 4.62. The molecule has 0 saturated heterocycles. The summed E-state index contributed by atoms with van der Waals surface area (Å²) < 4.78 is 5.88. The highest BCUT2D eigenvalue weighted by atomic mass is 79.9. The van der Waals surface area contributed by atoms with Crippen molar-refractivity contribution < 1.29 is 9.53 Å². The summed E-state index contributed by atoms with van der Waals surface area (Å²) >= 11 is 3.50. The van der Waals surface area contributed by atoms with Crippen molar-refractivity contribution in [2.45, 2.75) is 36.7 Å². The van der Waals surface area contributed by atoms with Gasteiger partial charge in [0.15, 0.2) is 0 Å². The Hall–Kier alpha value is -1.65. The van der Waals surface area contributed by atoms with Crippen molar-refractivity contribution in [2.75, 3.05) is 14.1 Å². The van der Waals surface area contributed by atoms with Gasteiger partial charge in [-0.1, -0.05) is 76.6 Å². The molecule has 0 aromatic heterocycles. The van der Waals surface area contributed by atoms with Crippen molar-refractivity contribution in [1.29, 1.82) is 0 Å². The fourth-order valence-corrected chi connectivity index (χ4v) is 2.95. The molecule has 2 rings (SSSR count). The lowest BCUT2D eigenvalue weighted by molar-refractivity contribution is -0.151. The number of halogens is 1. The second-order valence-electron chi connectivity index (χ2n) is 6.46. The number of carbonyl (C=O) groups excluding carboxylic acids is 1. The Morgan fingerprint density at radius 3 is 2.16 bits per heavy atom. The molecule has 2 aromatic carbocycles. The van der Waals surface area contributed by atoms with Crippen LogP contribution in [0.4, 0.5) is 0 Å². The maximum absolute atomic E-state index is 12.6. The van der Waals surface area contributed by atoms with E-state index in [9.17, 15) is 4.79 Å². The average molecular weight is 404 g/mol. The number of hydrogen-bond donors (Lipinski definition) is 0. The summed E-state index contributed by atoms with van der Waals surface area (Å²) in [5.41, 5.74) is 2.24. The number of nitrogens with zero attached hydrogens (tertiary/aromatic N) is 1. The molecule has 1 unspecified atom stereocenters. The molecule has 0 aliphatic rings. The van der Waals surface area contributed by atoms with E-state index < -0.39 is 0 Å². The molecule has 0 heterocycles. The first kappa shape index (κ1) is 19.7. The third-order valence-corrected chi connectivity index (χ3v) is 5.24. The van der Waals surface area contributed by atoms with Gasteiger partial charge < -0.3 is 9.64 Å². The van der Waals surface area contributed by atoms with Gasteiger partial charge in [-0.3, -0.25) is 4.79 Å². The smallest absolute Gasteiger partial charge is 0.320 e. The van der Waals surface area contributed by atoms with E-state index in [4.69, 9.17) is 4.74 Å². The maximum atomic E-state index is 12.6. The minimum absolute atomic E-state index is 0.0835. The van der Waals surface area contributed by atoms with E-state index in [0.29, 0.717) is 6.42 Å². The summed E-state index contributed by atoms with van der Waals surface area (Å²) in [4.78, 5) is 14.3. The average Bonchev–Trinajstić information content (AvgIpc) is 2.64. The third kappa shape index (κ3) is 5.98. The molecule has 0 aliphatic heterocycles. The van der Waals surface area contributed by atoms with Crippen molar-refractivity contribution in [3.05, 3.63) is 71.8 Å². The van der Waals surface area contributed by atoms with Gasteiger partial charge in [-0.15, -0.1) is 0 Å². The minimum Gasteiger partial charge on any atom is -0.455 e. The molecule has 0 bridgehead atoms. The van der Waals surface area contributed by atoms with Crippen LogP contribution in [-0.2, 0) is 16.0 Å². The number of alkyl halides is 1. The van der Waals surface area contributed by atoms with Gasteiger partial charge in [-0.2, -0.15) is 0 Å². The van der Waals surface area contributed by atoms with Crippen LogP contribution in [0, 0.1) is 0 Å². The first-order valence-corrected chi connectivity index (χ1v) is 9.50. The summed E-state index contributed by atoms with van der Waals surface area (Å²) in [7, 11) is 3.99. The van der Waals surface area contributed by atoms with E-state index >= 15 is 0 Å². The van der Waals surface area contributed by atoms with E-state index in [0.717, 1.165) is 12.0 Å². The van der Waals surface area contributed by atoms with Crippen molar-refractivity contribution in [2.24, 2.45) is 0 Å². The fraction of sp³-hybridized carbons (Fsp3) is 0.381. The van der Waals surface area contributed by atoms with Crippen LogP contribution in [-0.4, -0.2) is 35.8 Å². The summed E-state index contributed by atoms with van der Waals surface area (Å²) in [6.07, 6.45) is 1.26. The summed E-state index contributed by atoms with van der Waals surface area (Å²) in [6.45, 7) is 2.07. The molecule has 3 atom stereocenters. The van der Waals surface area contributed by atoms with Crippen LogP contribution in [0.5, 0.6) is 0 Å². The van der Waals surface area contributed by atoms with Crippen molar-refractivity contribution >= 4 is 21.9 Å². The van der Waals surface area contributed by atoms with Crippen LogP contribution in [0.25, 0.3) is 0 Å². The number of benzene rings is 2. The van der Waals surface area contributed by atoms with Crippen LogP contribution in [0.2, 0.25) is 0 Å². The van der Waals surface area contributed by atoms with E-state index in [2.05, 4.69) is 39.9 Å². The molecule has 2 aromatic rings. The minimum atomic E-state index is -0.312. The van der Waals surface area contributed by atoms with Gasteiger partial charge in [0.05, 0.1) is 0 Å². The van der Waals surface area contributed by atoms with E-state index in [1.165, 1.54) is 5.56 Å². The molecular formula is C21H26BrNO2. The lowest BCUT2D eigenvalue weighted by Crippen LogP contribution is -2.35. The summed E-state index contributed by atoms with van der Waals surface area (Å²) in [5.74, 6) is -0.210. The van der Waals surface area contributed by atoms with Crippen molar-refractivity contribution in [3.63, 3.8) is 0 Å². The second kappa shape index (κ2) is 9.73. The second-order valence-corrected chi connectivity index (χ2v) is 7.57. The molecule has 0 amide bonds. The Bertz CT molecular complexity index is 645. The number of carbonyl (C=O) groups is 1. The molecule has 0 aliphatic carbocycles. The molecular weight excluding hydrogens is 378 g/mol. The molecule has 0 N–H and O–H groups in total. The molecule has 4 heteroatoms. The van der Waals surface area contributed by atoms with Gasteiger partial charge in [0.2, 0.25) is 0 Å². The number of ether oxygens (including phenoxy) is 1. The number of aryl methyl sites for hydroxylation is 1. The maximum Gasteiger partial charge on any atom is 0.320 e. The first-order chi connectivity index (χ1) is 12.0. The van der Waals surface area contributed by atoms with Crippen LogP contribution >= 0.6 is 15.9 Å². The SMILES string of the molecule is C[C@@H]([C@@H](OC(=O)C(Br)CCc1ccccc1)c1ccccc1)N(C)C. The zero-order valence-electron chi connectivity index (χ0n) is 15.1. The highest BCUT2D eigenvalue weighted by molar-refractivity contribution is 9.10. The highest BCUT2D eigenvalue weighted by Gasteiger charge is 2.27. The first-order valence-electron chi connectivity index (χ1n) is 8.59. The zero-order chi connectivity index (χ0) is 18.2. The van der Waals surface area contributed by atoms with Gasteiger partial charge in [-0.25, -0.2) is 0 Å². The number of hydrogen-bond acceptors (Lipinski definition) is 3. The van der Waals surface area contributed by atoms with E-state index in [1.807, 2.05) is 62.6 Å². The van der Waals surface area contributed by atoms with Gasteiger partial charge in [-0.05, 0) is 45.0 Å². The standard InChI is InChI=1S/C21H26BrNO2/c1-16(23(2)3)20(18-12-8-5-9-13-18)25-21(24)19(22)15-14-17-10-6-4-7-11-17/h4-13,16,19-20H,14-15H2,1-3H3/t16-,19?,20+/m0/s1. The molecule has 0 fully saturated rings. The zero-order valence-corrected chi connectivity index (χ0v) is 16.6. The van der Waals surface area contributed by atoms with Gasteiger partial charge in [0, 0.05) is 6.04 Å². The number of rotatable bonds is 8. The molecule has 0 spiro atoms. The highest BCUT2D eigenvalue weighted by Crippen LogP contribution is 2.26. The van der Waals surface area contributed by atoms with Gasteiger partial charge in [0.25, 0.3) is 0 Å². The van der Waals surface area contributed by atoms with E-state index in [-0.39, 0.29) is 22.9 Å². The number of likely N-dealkylation sites (N-methyl/N-ethyl adjacent to an activating group) is 1. The van der Waals surface area contributed by atoms with E-state index in [1.54, 1.807) is 0 Å².